The van der Waals surface area contributed by atoms with E-state index in [0.717, 1.165) is 0 Å². The van der Waals surface area contributed by atoms with Crippen LogP contribution in [0.1, 0.15) is 6.92 Å². The number of anilines is 1. The van der Waals surface area contributed by atoms with Gasteiger partial charge in [0.1, 0.15) is 11.5 Å². The summed E-state index contributed by atoms with van der Waals surface area (Å²) in [5.41, 5.74) is 0.661. The number of para-hydroxylation sites is 1. The number of hydrogen-bond donors (Lipinski definition) is 1. The van der Waals surface area contributed by atoms with Gasteiger partial charge in [-0.25, -0.2) is 0 Å². The standard InChI is InChI=1S/C16H17NO3/c1-2-17(13-7-6-8-14(18)11-13)16(19)12-20-15-9-4-3-5-10-15/h3-11,18H,2,12H2,1H3. The third-order valence-electron chi connectivity index (χ3n) is 2.86. The molecule has 0 aliphatic heterocycles. The number of aromatic hydroxyl groups is 1. The van der Waals surface area contributed by atoms with E-state index in [-0.39, 0.29) is 18.3 Å². The number of amides is 1. The van der Waals surface area contributed by atoms with Crippen LogP contribution in [0.25, 0.3) is 0 Å². The quantitative estimate of drug-likeness (QED) is 0.909. The van der Waals surface area contributed by atoms with Crippen molar-refractivity contribution in [3.05, 3.63) is 54.6 Å². The van der Waals surface area contributed by atoms with E-state index in [4.69, 9.17) is 4.74 Å². The minimum atomic E-state index is -0.151. The predicted molar refractivity (Wildman–Crippen MR) is 78.1 cm³/mol. The summed E-state index contributed by atoms with van der Waals surface area (Å²) in [4.78, 5) is 13.8. The molecular formula is C16H17NO3. The van der Waals surface area contributed by atoms with E-state index in [1.807, 2.05) is 25.1 Å². The van der Waals surface area contributed by atoms with Crippen molar-refractivity contribution in [1.29, 1.82) is 0 Å². The van der Waals surface area contributed by atoms with Gasteiger partial charge in [-0.3, -0.25) is 4.79 Å². The molecule has 0 unspecified atom stereocenters. The van der Waals surface area contributed by atoms with Crippen molar-refractivity contribution in [1.82, 2.24) is 0 Å². The molecule has 1 N–H and O–H groups in total. The summed E-state index contributed by atoms with van der Waals surface area (Å²) in [5.74, 6) is 0.646. The summed E-state index contributed by atoms with van der Waals surface area (Å²) in [6, 6.07) is 15.8. The lowest BCUT2D eigenvalue weighted by Gasteiger charge is -2.21. The molecule has 1 amide bonds. The van der Waals surface area contributed by atoms with E-state index >= 15 is 0 Å². The van der Waals surface area contributed by atoms with Crippen molar-refractivity contribution in [3.8, 4) is 11.5 Å². The molecule has 0 radical (unpaired) electrons. The Morgan fingerprint density at radius 2 is 1.90 bits per heavy atom. The number of nitrogens with zero attached hydrogens (tertiary/aromatic N) is 1. The van der Waals surface area contributed by atoms with Gasteiger partial charge < -0.3 is 14.7 Å². The Morgan fingerprint density at radius 1 is 1.15 bits per heavy atom. The monoisotopic (exact) mass is 271 g/mol. The van der Waals surface area contributed by atoms with E-state index in [2.05, 4.69) is 0 Å². The first kappa shape index (κ1) is 13.9. The first-order valence-corrected chi connectivity index (χ1v) is 6.48. The molecule has 0 aliphatic carbocycles. The topological polar surface area (TPSA) is 49.8 Å². The lowest BCUT2D eigenvalue weighted by atomic mass is 10.2. The number of carbonyl (C=O) groups is 1. The van der Waals surface area contributed by atoms with Crippen LogP contribution in [0.5, 0.6) is 11.5 Å². The van der Waals surface area contributed by atoms with Crippen LogP contribution in [0, 0.1) is 0 Å². The van der Waals surface area contributed by atoms with Crippen LogP contribution in [0.2, 0.25) is 0 Å². The zero-order chi connectivity index (χ0) is 14.4. The predicted octanol–water partition coefficient (Wildman–Crippen LogP) is 2.82. The summed E-state index contributed by atoms with van der Waals surface area (Å²) < 4.78 is 5.45. The average Bonchev–Trinajstić information content (AvgIpc) is 2.47. The van der Waals surface area contributed by atoms with Gasteiger partial charge in [0.05, 0.1) is 0 Å². The van der Waals surface area contributed by atoms with Gasteiger partial charge in [-0.15, -0.1) is 0 Å². The highest BCUT2D eigenvalue weighted by Gasteiger charge is 2.14. The Balaban J connectivity index is 2.02. The van der Waals surface area contributed by atoms with E-state index < -0.39 is 0 Å². The fraction of sp³-hybridized carbons (Fsp3) is 0.188. The summed E-state index contributed by atoms with van der Waals surface area (Å²) in [7, 11) is 0. The fourth-order valence-electron chi connectivity index (χ4n) is 1.90. The van der Waals surface area contributed by atoms with E-state index in [1.165, 1.54) is 0 Å². The van der Waals surface area contributed by atoms with Gasteiger partial charge in [0.2, 0.25) is 0 Å². The molecule has 2 aromatic carbocycles. The Morgan fingerprint density at radius 3 is 2.55 bits per heavy atom. The SMILES string of the molecule is CCN(C(=O)COc1ccccc1)c1cccc(O)c1. The first-order valence-electron chi connectivity index (χ1n) is 6.48. The molecule has 4 heteroatoms. The third-order valence-corrected chi connectivity index (χ3v) is 2.86. The van der Waals surface area contributed by atoms with Gasteiger partial charge in [-0.1, -0.05) is 24.3 Å². The third kappa shape index (κ3) is 3.51. The largest absolute Gasteiger partial charge is 0.508 e. The molecule has 0 heterocycles. The average molecular weight is 271 g/mol. The normalized spacial score (nSPS) is 10.1. The second-order valence-corrected chi connectivity index (χ2v) is 4.26. The maximum Gasteiger partial charge on any atom is 0.264 e. The lowest BCUT2D eigenvalue weighted by Crippen LogP contribution is -2.34. The molecule has 4 nitrogen and oxygen atoms in total. The summed E-state index contributed by atoms with van der Waals surface area (Å²) in [6.45, 7) is 2.36. The number of rotatable bonds is 5. The van der Waals surface area contributed by atoms with Gasteiger partial charge in [0.15, 0.2) is 6.61 Å². The van der Waals surface area contributed by atoms with Crippen molar-refractivity contribution in [3.63, 3.8) is 0 Å². The Labute approximate surface area is 118 Å². The van der Waals surface area contributed by atoms with Gasteiger partial charge in [0, 0.05) is 18.3 Å². The van der Waals surface area contributed by atoms with Crippen LogP contribution in [-0.4, -0.2) is 24.2 Å². The lowest BCUT2D eigenvalue weighted by molar-refractivity contribution is -0.120. The molecule has 0 bridgehead atoms. The number of carbonyl (C=O) groups excluding carboxylic acids is 1. The molecule has 20 heavy (non-hydrogen) atoms. The van der Waals surface area contributed by atoms with Crippen molar-refractivity contribution in [2.45, 2.75) is 6.92 Å². The molecule has 0 aromatic heterocycles. The molecule has 0 aliphatic rings. The van der Waals surface area contributed by atoms with E-state index in [9.17, 15) is 9.90 Å². The molecule has 104 valence electrons. The van der Waals surface area contributed by atoms with Gasteiger partial charge in [0.25, 0.3) is 5.91 Å². The van der Waals surface area contributed by atoms with E-state index in [1.54, 1.807) is 41.3 Å². The van der Waals surface area contributed by atoms with Crippen LogP contribution in [0.15, 0.2) is 54.6 Å². The highest BCUT2D eigenvalue weighted by molar-refractivity contribution is 5.94. The van der Waals surface area contributed by atoms with Crippen molar-refractivity contribution in [2.75, 3.05) is 18.1 Å². The maximum atomic E-state index is 12.2. The second-order valence-electron chi connectivity index (χ2n) is 4.26. The molecular weight excluding hydrogens is 254 g/mol. The molecule has 2 aromatic rings. The minimum Gasteiger partial charge on any atom is -0.508 e. The van der Waals surface area contributed by atoms with Crippen LogP contribution in [0.4, 0.5) is 5.69 Å². The first-order chi connectivity index (χ1) is 9.70. The maximum absolute atomic E-state index is 12.2. The zero-order valence-corrected chi connectivity index (χ0v) is 11.3. The molecule has 0 atom stereocenters. The number of hydrogen-bond acceptors (Lipinski definition) is 3. The number of ether oxygens (including phenoxy) is 1. The smallest absolute Gasteiger partial charge is 0.264 e. The Bertz CT molecular complexity index is 569. The fourth-order valence-corrected chi connectivity index (χ4v) is 1.90. The van der Waals surface area contributed by atoms with Gasteiger partial charge in [-0.05, 0) is 31.2 Å². The van der Waals surface area contributed by atoms with Crippen molar-refractivity contribution >= 4 is 11.6 Å². The van der Waals surface area contributed by atoms with E-state index in [0.29, 0.717) is 18.0 Å². The second kappa shape index (κ2) is 6.61. The molecule has 2 rings (SSSR count). The number of benzene rings is 2. The number of phenolic OH excluding ortho intramolecular Hbond substituents is 1. The van der Waals surface area contributed by atoms with Crippen LogP contribution < -0.4 is 9.64 Å². The van der Waals surface area contributed by atoms with Crippen LogP contribution in [0.3, 0.4) is 0 Å². The summed E-state index contributed by atoms with van der Waals surface area (Å²) >= 11 is 0. The highest BCUT2D eigenvalue weighted by atomic mass is 16.5. The molecule has 0 saturated carbocycles. The van der Waals surface area contributed by atoms with Crippen LogP contribution in [-0.2, 0) is 4.79 Å². The zero-order valence-electron chi connectivity index (χ0n) is 11.3. The van der Waals surface area contributed by atoms with Gasteiger partial charge >= 0.3 is 0 Å². The molecule has 0 spiro atoms. The Hall–Kier alpha value is -2.49. The Kier molecular flexibility index (Phi) is 4.60. The van der Waals surface area contributed by atoms with Crippen molar-refractivity contribution < 1.29 is 14.6 Å². The van der Waals surface area contributed by atoms with Crippen LogP contribution >= 0.6 is 0 Å². The van der Waals surface area contributed by atoms with Crippen molar-refractivity contribution in [2.24, 2.45) is 0 Å². The summed E-state index contributed by atoms with van der Waals surface area (Å²) in [6.07, 6.45) is 0. The molecule has 0 saturated heterocycles. The highest BCUT2D eigenvalue weighted by Crippen LogP contribution is 2.20. The molecule has 0 fully saturated rings. The number of phenols is 1. The summed E-state index contributed by atoms with van der Waals surface area (Å²) in [5, 5.41) is 9.48. The minimum absolute atomic E-state index is 0.0342. The van der Waals surface area contributed by atoms with Gasteiger partial charge in [-0.2, -0.15) is 0 Å². The number of likely N-dealkylation sites (N-methyl/N-ethyl adjacent to an activating group) is 1.